The molecule has 1 fully saturated rings. The summed E-state index contributed by atoms with van der Waals surface area (Å²) >= 11 is 2.57. The van der Waals surface area contributed by atoms with Crippen LogP contribution in [0.25, 0.3) is 0 Å². The summed E-state index contributed by atoms with van der Waals surface area (Å²) < 4.78 is 19.2. The minimum absolute atomic E-state index is 0.0494. The number of hydrogen-bond acceptors (Lipinski definition) is 7. The number of aliphatic hydroxyl groups is 3. The zero-order chi connectivity index (χ0) is 27.1. The summed E-state index contributed by atoms with van der Waals surface area (Å²) in [5.74, 6) is -0.907. The molecule has 1 rings (SSSR count). The Kier molecular flexibility index (Phi) is 13.7. The Labute approximate surface area is 221 Å². The van der Waals surface area contributed by atoms with Gasteiger partial charge in [-0.2, -0.15) is 0 Å². The van der Waals surface area contributed by atoms with Gasteiger partial charge in [0.05, 0.1) is 0 Å². The molecule has 0 spiro atoms. The molecule has 1 heterocycles. The maximum absolute atomic E-state index is 13.3. The Morgan fingerprint density at radius 2 is 1.77 bits per heavy atom. The molecule has 0 aromatic rings. The molecule has 205 valence electrons. The second-order valence-electron chi connectivity index (χ2n) is 11.0. The molecule has 1 saturated heterocycles. The molecular weight excluding hydrogens is 487 g/mol. The van der Waals surface area contributed by atoms with E-state index >= 15 is 0 Å². The van der Waals surface area contributed by atoms with Crippen LogP contribution in [0, 0.1) is 23.7 Å². The van der Waals surface area contributed by atoms with Crippen molar-refractivity contribution in [3.8, 4) is 0 Å². The zero-order valence-corrected chi connectivity index (χ0v) is 24.6. The Morgan fingerprint density at radius 1 is 1.17 bits per heavy atom. The van der Waals surface area contributed by atoms with Crippen molar-refractivity contribution in [2.75, 3.05) is 0 Å². The molecule has 0 radical (unpaired) electrons. The molecule has 0 bridgehead atoms. The van der Waals surface area contributed by atoms with Gasteiger partial charge in [-0.1, -0.05) is 0 Å². The Bertz CT molecular complexity index is 668. The summed E-state index contributed by atoms with van der Waals surface area (Å²) in [6.45, 7) is 16.8. The van der Waals surface area contributed by atoms with Crippen LogP contribution in [0.15, 0.2) is 0 Å². The number of ether oxygens (including phenoxy) is 3. The van der Waals surface area contributed by atoms with Crippen molar-refractivity contribution in [1.82, 2.24) is 0 Å². The second-order valence-corrected chi connectivity index (χ2v) is 11.8. The van der Waals surface area contributed by atoms with Crippen molar-refractivity contribution < 1.29 is 51.3 Å². The van der Waals surface area contributed by atoms with Gasteiger partial charge in [0, 0.05) is 0 Å². The number of hydrogen-bond donors (Lipinski definition) is 3. The molecule has 1 aliphatic heterocycles. The zero-order valence-electron chi connectivity index (χ0n) is 23.2. The molecule has 0 aromatic carbocycles. The van der Waals surface area contributed by atoms with Crippen molar-refractivity contribution >= 4 is 10.2 Å². The number of esters is 1. The van der Waals surface area contributed by atoms with E-state index in [0.29, 0.717) is 18.8 Å². The van der Waals surface area contributed by atoms with Gasteiger partial charge in [0.25, 0.3) is 0 Å². The first-order chi connectivity index (χ1) is 16.2. The second kappa shape index (κ2) is 14.6. The monoisotopic (exact) mass is 537 g/mol. The molecule has 1 aliphatic rings. The molecule has 0 amide bonds. The van der Waals surface area contributed by atoms with E-state index in [0.717, 1.165) is 23.5 Å². The van der Waals surface area contributed by atoms with E-state index in [1.165, 1.54) is 0 Å². The van der Waals surface area contributed by atoms with Crippen molar-refractivity contribution in [3.05, 3.63) is 0 Å². The van der Waals surface area contributed by atoms with Crippen molar-refractivity contribution in [3.63, 3.8) is 0 Å². The predicted octanol–water partition coefficient (Wildman–Crippen LogP) is 3.77. The van der Waals surface area contributed by atoms with Crippen LogP contribution < -0.4 is 0 Å². The van der Waals surface area contributed by atoms with E-state index in [1.54, 1.807) is 27.7 Å². The fraction of sp³-hybridized carbons (Fsp3) is 0.926. The van der Waals surface area contributed by atoms with Crippen LogP contribution in [-0.4, -0.2) is 67.9 Å². The number of carbonyl (C=O) groups excluding carboxylic acids is 1. The first kappa shape index (κ1) is 32.8. The van der Waals surface area contributed by atoms with Gasteiger partial charge < -0.3 is 5.11 Å². The molecule has 0 aliphatic carbocycles. The van der Waals surface area contributed by atoms with Gasteiger partial charge in [0.2, 0.25) is 0 Å². The summed E-state index contributed by atoms with van der Waals surface area (Å²) in [6, 6.07) is 0. The van der Waals surface area contributed by atoms with Gasteiger partial charge in [-0.3, -0.25) is 0 Å². The van der Waals surface area contributed by atoms with Gasteiger partial charge in [0.15, 0.2) is 0 Å². The van der Waals surface area contributed by atoms with Crippen molar-refractivity contribution in [1.29, 1.82) is 0 Å². The van der Waals surface area contributed by atoms with E-state index in [-0.39, 0.29) is 11.8 Å². The quantitative estimate of drug-likeness (QED) is 0.335. The maximum atomic E-state index is 13.3. The topological polar surface area (TPSA) is 105 Å². The third kappa shape index (κ3) is 9.20. The van der Waals surface area contributed by atoms with Crippen LogP contribution >= 0.6 is 0 Å². The van der Waals surface area contributed by atoms with Crippen LogP contribution in [-0.2, 0) is 36.0 Å². The average molecular weight is 538 g/mol. The van der Waals surface area contributed by atoms with E-state index < -0.39 is 54.3 Å². The first-order valence-electron chi connectivity index (χ1n) is 13.3. The summed E-state index contributed by atoms with van der Waals surface area (Å²) in [6.07, 6.45) is -0.465. The molecule has 0 saturated carbocycles. The molecule has 35 heavy (non-hydrogen) atoms. The van der Waals surface area contributed by atoms with E-state index in [4.69, 9.17) is 14.2 Å². The summed E-state index contributed by atoms with van der Waals surface area (Å²) in [4.78, 5) is 13.3. The Hall–Kier alpha value is -0.276. The Morgan fingerprint density at radius 3 is 2.29 bits per heavy atom. The van der Waals surface area contributed by atoms with Crippen LogP contribution in [0.3, 0.4) is 0 Å². The van der Waals surface area contributed by atoms with Gasteiger partial charge >= 0.3 is 210 Å². The van der Waals surface area contributed by atoms with Crippen LogP contribution in [0.4, 0.5) is 0 Å². The van der Waals surface area contributed by atoms with Gasteiger partial charge in [0.1, 0.15) is 0 Å². The fourth-order valence-electron chi connectivity index (χ4n) is 4.88. The van der Waals surface area contributed by atoms with Gasteiger partial charge in [-0.25, -0.2) is 0 Å². The van der Waals surface area contributed by atoms with Gasteiger partial charge in [-0.05, 0) is 6.92 Å². The third-order valence-corrected chi connectivity index (χ3v) is 8.65. The molecule has 7 nitrogen and oxygen atoms in total. The predicted molar refractivity (Wildman–Crippen MR) is 133 cm³/mol. The number of aliphatic hydroxyl groups excluding tert-OH is 2. The molecule has 0 aromatic heterocycles. The van der Waals surface area contributed by atoms with E-state index in [9.17, 15) is 20.1 Å². The number of cyclic esters (lactones) is 1. The summed E-state index contributed by atoms with van der Waals surface area (Å²) in [7, 11) is 0. The standard InChI is InChI=1S/C27H50O7.V/c1-10-22-27(9,31)25(29)17(4)14-12-13-16(3)15-18(5)24(19(6)26(30)33-22)34-23(11-2)32-21(8)20(7)28;/h16-25,28-29,31H,10-13,15H2,1-9H3;/t16-,17-,18?,19?,20+,21?,22?,23-,24?,25+,27+;/m0./s1. The average Bonchev–Trinajstić information content (AvgIpc) is 2.80. The molecule has 8 heteroatoms. The SMILES string of the molecule is CCC1OC(=O)C(C)C(O[C@@H](CC)OC(C)[C@@H](C)O)C(C)C[C@@H](C)CC[C](=[V])[C@H](C)[C@@H](O)[C@]1(C)O. The van der Waals surface area contributed by atoms with Crippen LogP contribution in [0.2, 0.25) is 0 Å². The van der Waals surface area contributed by atoms with Gasteiger partial charge in [-0.15, -0.1) is 0 Å². The minimum atomic E-state index is -1.60. The third-order valence-electron chi connectivity index (χ3n) is 7.66. The van der Waals surface area contributed by atoms with Crippen molar-refractivity contribution in [2.45, 2.75) is 137 Å². The van der Waals surface area contributed by atoms with E-state index in [2.05, 4.69) is 30.8 Å². The van der Waals surface area contributed by atoms with Crippen molar-refractivity contribution in [2.24, 2.45) is 23.7 Å². The molecule has 11 atom stereocenters. The fourth-order valence-corrected chi connectivity index (χ4v) is 5.30. The first-order valence-corrected chi connectivity index (χ1v) is 14.0. The van der Waals surface area contributed by atoms with Crippen LogP contribution in [0.1, 0.15) is 94.4 Å². The molecular formula is C27H50O7V. The van der Waals surface area contributed by atoms with Crippen LogP contribution in [0.5, 0.6) is 0 Å². The molecule has 3 N–H and O–H groups in total. The number of carbonyl (C=O) groups is 1. The summed E-state index contributed by atoms with van der Waals surface area (Å²) in [5, 5.41) is 32.2. The molecule has 5 unspecified atom stereocenters. The number of rotatable bonds is 7. The van der Waals surface area contributed by atoms with E-state index in [1.807, 2.05) is 20.8 Å². The summed E-state index contributed by atoms with van der Waals surface area (Å²) in [5.41, 5.74) is -1.60. The Balaban J connectivity index is 3.30. The normalized spacial score (nSPS) is 38.8.